The van der Waals surface area contributed by atoms with Crippen molar-refractivity contribution in [3.05, 3.63) is 35.7 Å². The smallest absolute Gasteiger partial charge is 0.229 e. The number of anilines is 5. The highest BCUT2D eigenvalue weighted by atomic mass is 32.1. The predicted molar refractivity (Wildman–Crippen MR) is 157 cm³/mol. The molecule has 6 rings (SSSR count). The highest BCUT2D eigenvalue weighted by molar-refractivity contribution is 7.80. The second-order valence-electron chi connectivity index (χ2n) is 9.84. The number of nitrogen functional groups attached to an aromatic ring is 1. The van der Waals surface area contributed by atoms with Gasteiger partial charge in [0.05, 0.1) is 5.69 Å². The van der Waals surface area contributed by atoms with Gasteiger partial charge in [0, 0.05) is 75.1 Å². The van der Waals surface area contributed by atoms with Crippen molar-refractivity contribution in [3.63, 3.8) is 0 Å². The highest BCUT2D eigenvalue weighted by Gasteiger charge is 2.25. The Morgan fingerprint density at radius 3 is 2.03 bits per heavy atom. The average molecular weight is 536 g/mol. The standard InChI is InChI=1S/C26H33N9S2/c27-20-7-5-19(6-8-20)21-18-37-25(28-21)31-26(36)35-15-13-33(14-16-35)23-17-22(32-9-1-2-10-32)29-24(30-23)34-11-3-4-12-34/h5-8,17-18H,1-4,9-16,27H2,(H,28,31,36). The van der Waals surface area contributed by atoms with Crippen molar-refractivity contribution in [2.45, 2.75) is 25.7 Å². The van der Waals surface area contributed by atoms with E-state index in [0.717, 1.165) is 97.1 Å². The molecule has 0 unspecified atom stereocenters. The first-order valence-electron chi connectivity index (χ1n) is 13.1. The van der Waals surface area contributed by atoms with Crippen LogP contribution in [0.15, 0.2) is 35.7 Å². The zero-order valence-corrected chi connectivity index (χ0v) is 22.6. The number of thiazole rings is 1. The van der Waals surface area contributed by atoms with Gasteiger partial charge >= 0.3 is 0 Å². The first kappa shape index (κ1) is 24.2. The van der Waals surface area contributed by atoms with E-state index in [1.54, 1.807) is 11.3 Å². The lowest BCUT2D eigenvalue weighted by Crippen LogP contribution is -2.50. The van der Waals surface area contributed by atoms with Crippen LogP contribution < -0.4 is 25.8 Å². The first-order valence-corrected chi connectivity index (χ1v) is 14.4. The molecule has 0 bridgehead atoms. The zero-order valence-electron chi connectivity index (χ0n) is 21.0. The number of hydrogen-bond acceptors (Lipinski definition) is 9. The molecule has 0 amide bonds. The number of nitrogens with two attached hydrogens (primary N) is 1. The summed E-state index contributed by atoms with van der Waals surface area (Å²) in [6, 6.07) is 9.95. The van der Waals surface area contributed by atoms with Gasteiger partial charge < -0.3 is 30.7 Å². The Labute approximate surface area is 227 Å². The monoisotopic (exact) mass is 535 g/mol. The van der Waals surface area contributed by atoms with E-state index in [-0.39, 0.29) is 0 Å². The largest absolute Gasteiger partial charge is 0.399 e. The van der Waals surface area contributed by atoms with E-state index >= 15 is 0 Å². The Hall–Kier alpha value is -3.18. The second kappa shape index (κ2) is 10.7. The Bertz CT molecular complexity index is 1190. The molecule has 3 N–H and O–H groups in total. The summed E-state index contributed by atoms with van der Waals surface area (Å²) in [5.41, 5.74) is 8.53. The number of aromatic nitrogens is 3. The van der Waals surface area contributed by atoms with Gasteiger partial charge in [-0.2, -0.15) is 9.97 Å². The summed E-state index contributed by atoms with van der Waals surface area (Å²) in [4.78, 5) is 24.1. The molecular weight excluding hydrogens is 502 g/mol. The molecule has 194 valence electrons. The molecule has 0 spiro atoms. The molecule has 0 radical (unpaired) electrons. The van der Waals surface area contributed by atoms with Gasteiger partial charge in [0.25, 0.3) is 0 Å². The number of piperazine rings is 1. The number of nitrogens with zero attached hydrogens (tertiary/aromatic N) is 7. The topological polar surface area (TPSA) is 89.7 Å². The summed E-state index contributed by atoms with van der Waals surface area (Å²) in [5, 5.41) is 6.91. The van der Waals surface area contributed by atoms with Gasteiger partial charge in [-0.05, 0) is 50.0 Å². The minimum atomic E-state index is 0.719. The van der Waals surface area contributed by atoms with Gasteiger partial charge in [-0.25, -0.2) is 4.98 Å². The van der Waals surface area contributed by atoms with Crippen LogP contribution in [0.25, 0.3) is 11.3 Å². The van der Waals surface area contributed by atoms with Crippen molar-refractivity contribution in [1.82, 2.24) is 19.9 Å². The summed E-state index contributed by atoms with van der Waals surface area (Å²) in [5.74, 6) is 2.99. The molecular formula is C26H33N9S2. The number of nitrogens with one attached hydrogen (secondary N) is 1. The van der Waals surface area contributed by atoms with Crippen molar-refractivity contribution in [2.75, 3.05) is 78.1 Å². The fourth-order valence-corrected chi connectivity index (χ4v) is 6.23. The van der Waals surface area contributed by atoms with Crippen LogP contribution in [-0.2, 0) is 0 Å². The molecule has 37 heavy (non-hydrogen) atoms. The van der Waals surface area contributed by atoms with Crippen molar-refractivity contribution >= 4 is 57.1 Å². The number of benzene rings is 1. The minimum Gasteiger partial charge on any atom is -0.399 e. The van der Waals surface area contributed by atoms with Crippen LogP contribution in [0, 0.1) is 0 Å². The summed E-state index contributed by atoms with van der Waals surface area (Å²) >= 11 is 7.31. The van der Waals surface area contributed by atoms with Crippen LogP contribution >= 0.6 is 23.6 Å². The van der Waals surface area contributed by atoms with Crippen LogP contribution in [0.1, 0.15) is 25.7 Å². The highest BCUT2D eigenvalue weighted by Crippen LogP contribution is 2.29. The maximum absolute atomic E-state index is 5.81. The summed E-state index contributed by atoms with van der Waals surface area (Å²) < 4.78 is 0. The summed E-state index contributed by atoms with van der Waals surface area (Å²) in [6.07, 6.45) is 4.91. The molecule has 0 aliphatic carbocycles. The maximum Gasteiger partial charge on any atom is 0.229 e. The molecule has 3 aromatic rings. The van der Waals surface area contributed by atoms with Crippen LogP contribution in [0.5, 0.6) is 0 Å². The lowest BCUT2D eigenvalue weighted by molar-refractivity contribution is 0.389. The Morgan fingerprint density at radius 1 is 0.784 bits per heavy atom. The molecule has 9 nitrogen and oxygen atoms in total. The molecule has 3 fully saturated rings. The second-order valence-corrected chi connectivity index (χ2v) is 11.1. The summed E-state index contributed by atoms with van der Waals surface area (Å²) in [6.45, 7) is 7.68. The molecule has 0 atom stereocenters. The number of thiocarbonyl (C=S) groups is 1. The van der Waals surface area contributed by atoms with E-state index in [9.17, 15) is 0 Å². The third-order valence-corrected chi connectivity index (χ3v) is 8.44. The molecule has 3 aliphatic rings. The lowest BCUT2D eigenvalue weighted by atomic mass is 10.1. The van der Waals surface area contributed by atoms with Gasteiger partial charge in [0.1, 0.15) is 11.6 Å². The van der Waals surface area contributed by atoms with E-state index in [4.69, 9.17) is 32.9 Å². The van der Waals surface area contributed by atoms with E-state index in [1.807, 2.05) is 29.6 Å². The molecule has 2 aromatic heterocycles. The van der Waals surface area contributed by atoms with Crippen LogP contribution in [0.2, 0.25) is 0 Å². The lowest BCUT2D eigenvalue weighted by Gasteiger charge is -2.37. The SMILES string of the molecule is Nc1ccc(-c2csc(NC(=S)N3CCN(c4cc(N5CCCC5)nc(N5CCCC5)n4)CC3)n2)cc1. The average Bonchev–Trinajstić information content (AvgIpc) is 3.72. The summed E-state index contributed by atoms with van der Waals surface area (Å²) in [7, 11) is 0. The van der Waals surface area contributed by atoms with Gasteiger partial charge in [-0.3, -0.25) is 0 Å². The number of hydrogen-bond donors (Lipinski definition) is 2. The first-order chi connectivity index (χ1) is 18.1. The molecule has 1 aromatic carbocycles. The van der Waals surface area contributed by atoms with Crippen molar-refractivity contribution in [3.8, 4) is 11.3 Å². The third-order valence-electron chi connectivity index (χ3n) is 7.32. The minimum absolute atomic E-state index is 0.719. The predicted octanol–water partition coefficient (Wildman–Crippen LogP) is 3.90. The van der Waals surface area contributed by atoms with E-state index in [2.05, 4.69) is 31.0 Å². The third kappa shape index (κ3) is 5.42. The molecule has 5 heterocycles. The van der Waals surface area contributed by atoms with Crippen molar-refractivity contribution < 1.29 is 0 Å². The Morgan fingerprint density at radius 2 is 1.38 bits per heavy atom. The molecule has 3 saturated heterocycles. The van der Waals surface area contributed by atoms with Crippen LogP contribution in [0.4, 0.5) is 28.4 Å². The van der Waals surface area contributed by atoms with Gasteiger partial charge in [0.2, 0.25) is 5.95 Å². The van der Waals surface area contributed by atoms with Crippen LogP contribution in [-0.4, -0.2) is 77.3 Å². The fourth-order valence-electron chi connectivity index (χ4n) is 5.17. The quantitative estimate of drug-likeness (QED) is 0.370. The zero-order chi connectivity index (χ0) is 25.2. The molecule has 3 aliphatic heterocycles. The number of rotatable bonds is 5. The van der Waals surface area contributed by atoms with E-state index in [0.29, 0.717) is 0 Å². The van der Waals surface area contributed by atoms with Crippen molar-refractivity contribution in [2.24, 2.45) is 0 Å². The van der Waals surface area contributed by atoms with Crippen LogP contribution in [0.3, 0.4) is 0 Å². The van der Waals surface area contributed by atoms with Gasteiger partial charge in [-0.1, -0.05) is 12.1 Å². The van der Waals surface area contributed by atoms with Gasteiger partial charge in [-0.15, -0.1) is 11.3 Å². The van der Waals surface area contributed by atoms with Crippen molar-refractivity contribution in [1.29, 1.82) is 0 Å². The maximum atomic E-state index is 5.81. The Kier molecular flexibility index (Phi) is 6.97. The molecule has 11 heteroatoms. The van der Waals surface area contributed by atoms with Gasteiger partial charge in [0.15, 0.2) is 10.2 Å². The van der Waals surface area contributed by atoms with E-state index < -0.39 is 0 Å². The Balaban J connectivity index is 1.10. The van der Waals surface area contributed by atoms with E-state index in [1.165, 1.54) is 25.7 Å². The normalized spacial score (nSPS) is 18.1. The molecule has 0 saturated carbocycles. The fraction of sp³-hybridized carbons (Fsp3) is 0.462.